The van der Waals surface area contributed by atoms with E-state index >= 15 is 0 Å². The van der Waals surface area contributed by atoms with Crippen molar-refractivity contribution < 1.29 is 13.2 Å². The van der Waals surface area contributed by atoms with Crippen molar-refractivity contribution in [3.05, 3.63) is 47.8 Å². The predicted octanol–water partition coefficient (Wildman–Crippen LogP) is 2.26. The highest BCUT2D eigenvalue weighted by Gasteiger charge is 2.42. The van der Waals surface area contributed by atoms with Gasteiger partial charge in [0.25, 0.3) is 0 Å². The Kier molecular flexibility index (Phi) is 3.94. The van der Waals surface area contributed by atoms with Crippen molar-refractivity contribution in [1.82, 2.24) is 14.5 Å². The first-order valence-corrected chi connectivity index (χ1v) is 9.69. The van der Waals surface area contributed by atoms with E-state index in [2.05, 4.69) is 10.2 Å². The van der Waals surface area contributed by atoms with Gasteiger partial charge in [-0.1, -0.05) is 17.7 Å². The van der Waals surface area contributed by atoms with Crippen LogP contribution in [0.1, 0.15) is 30.1 Å². The number of hydrogen-bond acceptors (Lipinski definition) is 4. The molecule has 1 aliphatic carbocycles. The Morgan fingerprint density at radius 1 is 1.21 bits per heavy atom. The maximum atomic E-state index is 13.0. The van der Waals surface area contributed by atoms with Crippen molar-refractivity contribution in [2.75, 3.05) is 13.1 Å². The Morgan fingerprint density at radius 2 is 1.96 bits per heavy atom. The maximum absolute atomic E-state index is 13.0. The molecule has 1 saturated carbocycles. The quantitative estimate of drug-likeness (QED) is 0.920. The molecule has 1 saturated heterocycles. The van der Waals surface area contributed by atoms with Crippen LogP contribution < -0.4 is 0 Å². The van der Waals surface area contributed by atoms with Crippen molar-refractivity contribution in [3.63, 3.8) is 0 Å². The molecule has 24 heavy (non-hydrogen) atoms. The van der Waals surface area contributed by atoms with Gasteiger partial charge in [0.15, 0.2) is 0 Å². The number of sulfonamides is 1. The van der Waals surface area contributed by atoms with Crippen LogP contribution in [-0.2, 0) is 14.8 Å². The highest BCUT2D eigenvalue weighted by atomic mass is 32.2. The second-order valence-corrected chi connectivity index (χ2v) is 8.61. The molecule has 1 aromatic heterocycles. The molecule has 128 valence electrons. The second kappa shape index (κ2) is 5.98. The number of aromatic amines is 1. The largest absolute Gasteiger partial charge is 0.367 e. The van der Waals surface area contributed by atoms with Crippen LogP contribution in [-0.4, -0.2) is 42.1 Å². The van der Waals surface area contributed by atoms with Crippen molar-refractivity contribution in [2.45, 2.75) is 36.9 Å². The van der Waals surface area contributed by atoms with Crippen molar-refractivity contribution in [3.8, 4) is 0 Å². The van der Waals surface area contributed by atoms with Crippen LogP contribution in [0.5, 0.6) is 0 Å². The molecule has 7 heteroatoms. The molecular weight excluding hydrogens is 326 g/mol. The van der Waals surface area contributed by atoms with Gasteiger partial charge in [0, 0.05) is 24.8 Å². The molecule has 2 aliphatic rings. The average Bonchev–Trinajstić information content (AvgIpc) is 3.29. The van der Waals surface area contributed by atoms with Gasteiger partial charge in [-0.2, -0.15) is 9.40 Å². The molecule has 0 amide bonds. The average molecular weight is 347 g/mol. The molecule has 2 fully saturated rings. The van der Waals surface area contributed by atoms with E-state index in [-0.39, 0.29) is 12.2 Å². The van der Waals surface area contributed by atoms with Crippen molar-refractivity contribution >= 4 is 10.0 Å². The lowest BCUT2D eigenvalue weighted by Crippen LogP contribution is -2.47. The molecule has 0 bridgehead atoms. The zero-order chi connectivity index (χ0) is 16.7. The van der Waals surface area contributed by atoms with Crippen LogP contribution in [0.2, 0.25) is 0 Å². The summed E-state index contributed by atoms with van der Waals surface area (Å²) in [5.41, 5.74) is 1.94. The summed E-state index contributed by atoms with van der Waals surface area (Å²) >= 11 is 0. The Bertz CT molecular complexity index is 798. The molecule has 2 aromatic rings. The topological polar surface area (TPSA) is 75.3 Å². The summed E-state index contributed by atoms with van der Waals surface area (Å²) in [4.78, 5) is 0.343. The second-order valence-electron chi connectivity index (χ2n) is 6.67. The summed E-state index contributed by atoms with van der Waals surface area (Å²) in [6, 6.07) is 7.02. The predicted molar refractivity (Wildman–Crippen MR) is 88.9 cm³/mol. The van der Waals surface area contributed by atoms with E-state index < -0.39 is 10.0 Å². The molecule has 4 rings (SSSR count). The van der Waals surface area contributed by atoms with Crippen molar-refractivity contribution in [1.29, 1.82) is 0 Å². The fraction of sp³-hybridized carbons (Fsp3) is 0.471. The van der Waals surface area contributed by atoms with Gasteiger partial charge >= 0.3 is 0 Å². The summed E-state index contributed by atoms with van der Waals surface area (Å²) < 4.78 is 33.8. The van der Waals surface area contributed by atoms with Crippen molar-refractivity contribution in [2.24, 2.45) is 5.92 Å². The first-order valence-electron chi connectivity index (χ1n) is 8.25. The zero-order valence-electron chi connectivity index (χ0n) is 13.6. The van der Waals surface area contributed by atoms with E-state index in [0.29, 0.717) is 23.9 Å². The SMILES string of the molecule is Cc1ccc(S(=O)(=O)N2C[C@@H](C3CC3)O[C@@H](c3cn[nH]c3)C2)cc1. The van der Waals surface area contributed by atoms with Crippen LogP contribution >= 0.6 is 0 Å². The van der Waals surface area contributed by atoms with Gasteiger partial charge < -0.3 is 4.74 Å². The Morgan fingerprint density at radius 3 is 2.58 bits per heavy atom. The summed E-state index contributed by atoms with van der Waals surface area (Å²) in [6.07, 6.45) is 5.39. The summed E-state index contributed by atoms with van der Waals surface area (Å²) in [6.45, 7) is 2.69. The van der Waals surface area contributed by atoms with Crippen LogP contribution in [0, 0.1) is 12.8 Å². The minimum absolute atomic E-state index is 0.0427. The molecule has 6 nitrogen and oxygen atoms in total. The van der Waals surface area contributed by atoms with E-state index in [1.807, 2.05) is 19.1 Å². The number of nitrogens with zero attached hydrogens (tertiary/aromatic N) is 2. The zero-order valence-corrected chi connectivity index (χ0v) is 14.4. The molecule has 0 radical (unpaired) electrons. The number of H-pyrrole nitrogens is 1. The molecule has 2 atom stereocenters. The first kappa shape index (κ1) is 15.8. The Hall–Kier alpha value is -1.70. The third kappa shape index (κ3) is 2.99. The van der Waals surface area contributed by atoms with E-state index in [9.17, 15) is 8.42 Å². The number of benzene rings is 1. The molecule has 1 aliphatic heterocycles. The van der Waals surface area contributed by atoms with Crippen LogP contribution in [0.15, 0.2) is 41.6 Å². The number of morpholine rings is 1. The summed E-state index contributed by atoms with van der Waals surface area (Å²) in [5.74, 6) is 0.468. The van der Waals surface area contributed by atoms with Crippen LogP contribution in [0.3, 0.4) is 0 Å². The number of aromatic nitrogens is 2. The summed E-state index contributed by atoms with van der Waals surface area (Å²) in [7, 11) is -3.52. The monoisotopic (exact) mass is 347 g/mol. The molecular formula is C17H21N3O3S. The fourth-order valence-corrected chi connectivity index (χ4v) is 4.61. The van der Waals surface area contributed by atoms with Gasteiger partial charge in [0.05, 0.1) is 23.3 Å². The molecule has 1 N–H and O–H groups in total. The van der Waals surface area contributed by atoms with E-state index in [4.69, 9.17) is 4.74 Å². The third-order valence-corrected chi connectivity index (χ3v) is 6.64. The Balaban J connectivity index is 1.63. The lowest BCUT2D eigenvalue weighted by Gasteiger charge is -2.37. The maximum Gasteiger partial charge on any atom is 0.243 e. The van der Waals surface area contributed by atoms with Gasteiger partial charge in [0.1, 0.15) is 0 Å². The summed E-state index contributed by atoms with van der Waals surface area (Å²) in [5, 5.41) is 6.75. The molecule has 1 aromatic carbocycles. The Labute approximate surface area is 141 Å². The van der Waals surface area contributed by atoms with Crippen LogP contribution in [0.4, 0.5) is 0 Å². The minimum atomic E-state index is -3.52. The van der Waals surface area contributed by atoms with Gasteiger partial charge in [-0.05, 0) is 37.8 Å². The van der Waals surface area contributed by atoms with E-state index in [0.717, 1.165) is 24.0 Å². The number of nitrogens with one attached hydrogen (secondary N) is 1. The van der Waals surface area contributed by atoms with Crippen LogP contribution in [0.25, 0.3) is 0 Å². The minimum Gasteiger partial charge on any atom is -0.367 e. The van der Waals surface area contributed by atoms with E-state index in [1.165, 1.54) is 0 Å². The van der Waals surface area contributed by atoms with Gasteiger partial charge in [-0.15, -0.1) is 0 Å². The number of rotatable bonds is 4. The molecule has 0 spiro atoms. The van der Waals surface area contributed by atoms with E-state index in [1.54, 1.807) is 28.8 Å². The number of hydrogen-bond donors (Lipinski definition) is 1. The lowest BCUT2D eigenvalue weighted by atomic mass is 10.1. The highest BCUT2D eigenvalue weighted by Crippen LogP contribution is 2.40. The van der Waals surface area contributed by atoms with Gasteiger partial charge in [-0.25, -0.2) is 8.42 Å². The first-order chi connectivity index (χ1) is 11.5. The fourth-order valence-electron chi connectivity index (χ4n) is 3.16. The molecule has 2 heterocycles. The van der Waals surface area contributed by atoms with Gasteiger partial charge in [0.2, 0.25) is 10.0 Å². The normalized spacial score (nSPS) is 25.7. The number of aryl methyl sites for hydroxylation is 1. The smallest absolute Gasteiger partial charge is 0.243 e. The lowest BCUT2D eigenvalue weighted by molar-refractivity contribution is -0.0747. The molecule has 0 unspecified atom stereocenters. The highest BCUT2D eigenvalue weighted by molar-refractivity contribution is 7.89. The third-order valence-electron chi connectivity index (χ3n) is 4.79. The standard InChI is InChI=1S/C17H21N3O3S/c1-12-2-6-15(7-3-12)24(21,22)20-10-16(13-4-5-13)23-17(11-20)14-8-18-19-9-14/h2-3,6-9,13,16-17H,4-5,10-11H2,1H3,(H,18,19)/t16-,17+/m0/s1. The van der Waals surface area contributed by atoms with Gasteiger partial charge in [-0.3, -0.25) is 5.10 Å². The number of ether oxygens (including phenoxy) is 1.